The summed E-state index contributed by atoms with van der Waals surface area (Å²) in [4.78, 5) is 0.108. The molecule has 1 aromatic carbocycles. The molecule has 20 heavy (non-hydrogen) atoms. The summed E-state index contributed by atoms with van der Waals surface area (Å²) in [6.45, 7) is 1.09. The fraction of sp³-hybridized carbons (Fsp3) is 0.500. The van der Waals surface area contributed by atoms with Crippen LogP contribution in [0, 0.1) is 11.3 Å². The van der Waals surface area contributed by atoms with Gasteiger partial charge in [0.1, 0.15) is 4.90 Å². The number of nitrogens with two attached hydrogens (primary N) is 1. The highest BCUT2D eigenvalue weighted by Crippen LogP contribution is 2.25. The third-order valence-electron chi connectivity index (χ3n) is 3.57. The van der Waals surface area contributed by atoms with E-state index < -0.39 is 10.0 Å². The van der Waals surface area contributed by atoms with Crippen molar-refractivity contribution in [2.45, 2.75) is 37.0 Å². The topological polar surface area (TPSA) is 87.2 Å². The van der Waals surface area contributed by atoms with Gasteiger partial charge in [-0.2, -0.15) is 9.57 Å². The quantitative estimate of drug-likeness (QED) is 0.846. The van der Waals surface area contributed by atoms with Crippen LogP contribution in [0.4, 0.5) is 5.69 Å². The van der Waals surface area contributed by atoms with Crippen molar-refractivity contribution < 1.29 is 8.42 Å². The van der Waals surface area contributed by atoms with Crippen LogP contribution < -0.4 is 5.73 Å². The van der Waals surface area contributed by atoms with Crippen molar-refractivity contribution in [3.63, 3.8) is 0 Å². The Morgan fingerprint density at radius 3 is 2.25 bits per heavy atom. The van der Waals surface area contributed by atoms with Crippen molar-refractivity contribution in [3.05, 3.63) is 23.8 Å². The van der Waals surface area contributed by atoms with Gasteiger partial charge in [0.15, 0.2) is 0 Å². The van der Waals surface area contributed by atoms with Gasteiger partial charge >= 0.3 is 0 Å². The van der Waals surface area contributed by atoms with Gasteiger partial charge in [-0.3, -0.25) is 0 Å². The van der Waals surface area contributed by atoms with Gasteiger partial charge in [-0.1, -0.05) is 19.3 Å². The van der Waals surface area contributed by atoms with Gasteiger partial charge in [0, 0.05) is 13.1 Å². The maximum absolute atomic E-state index is 12.6. The Hall–Kier alpha value is -1.58. The molecule has 0 radical (unpaired) electrons. The highest BCUT2D eigenvalue weighted by molar-refractivity contribution is 7.89. The molecule has 6 heteroatoms. The van der Waals surface area contributed by atoms with Crippen LogP contribution in [-0.4, -0.2) is 25.8 Å². The van der Waals surface area contributed by atoms with Crippen LogP contribution in [0.2, 0.25) is 0 Å². The minimum absolute atomic E-state index is 0.108. The Labute approximate surface area is 120 Å². The SMILES string of the molecule is N#Cc1ccc(S(=O)(=O)N2CCCCCCC2)c(N)c1. The molecule has 0 spiro atoms. The lowest BCUT2D eigenvalue weighted by atomic mass is 10.1. The Morgan fingerprint density at radius 1 is 1.10 bits per heavy atom. The summed E-state index contributed by atoms with van der Waals surface area (Å²) in [6, 6.07) is 6.30. The van der Waals surface area contributed by atoms with Crippen LogP contribution in [0.1, 0.15) is 37.7 Å². The summed E-state index contributed by atoms with van der Waals surface area (Å²) < 4.78 is 26.8. The highest BCUT2D eigenvalue weighted by Gasteiger charge is 2.26. The summed E-state index contributed by atoms with van der Waals surface area (Å²) in [5, 5.41) is 8.81. The van der Waals surface area contributed by atoms with Crippen molar-refractivity contribution in [2.75, 3.05) is 18.8 Å². The summed E-state index contributed by atoms with van der Waals surface area (Å²) in [5.41, 5.74) is 6.32. The van der Waals surface area contributed by atoms with E-state index in [1.165, 1.54) is 28.9 Å². The predicted molar refractivity (Wildman–Crippen MR) is 77.4 cm³/mol. The van der Waals surface area contributed by atoms with Crippen LogP contribution in [0.15, 0.2) is 23.1 Å². The van der Waals surface area contributed by atoms with E-state index in [1.54, 1.807) is 0 Å². The Morgan fingerprint density at radius 2 is 1.70 bits per heavy atom. The van der Waals surface area contributed by atoms with Gasteiger partial charge in [-0.25, -0.2) is 8.42 Å². The second kappa shape index (κ2) is 6.25. The predicted octanol–water partition coefficient (Wildman–Crippen LogP) is 2.10. The molecule has 0 aromatic heterocycles. The van der Waals surface area contributed by atoms with Crippen molar-refractivity contribution >= 4 is 15.7 Å². The number of nitriles is 1. The number of hydrogen-bond acceptors (Lipinski definition) is 4. The highest BCUT2D eigenvalue weighted by atomic mass is 32.2. The summed E-state index contributed by atoms with van der Waals surface area (Å²) in [6.07, 6.45) is 5.07. The molecular formula is C14H19N3O2S. The molecule has 2 rings (SSSR count). The molecule has 2 N–H and O–H groups in total. The van der Waals surface area contributed by atoms with Gasteiger partial charge in [0.05, 0.1) is 17.3 Å². The maximum Gasteiger partial charge on any atom is 0.245 e. The number of benzene rings is 1. The minimum atomic E-state index is -3.56. The van der Waals surface area contributed by atoms with E-state index in [0.29, 0.717) is 18.7 Å². The molecule has 0 atom stereocenters. The van der Waals surface area contributed by atoms with E-state index in [-0.39, 0.29) is 10.6 Å². The zero-order chi connectivity index (χ0) is 14.6. The third-order valence-corrected chi connectivity index (χ3v) is 5.54. The van der Waals surface area contributed by atoms with Gasteiger partial charge in [-0.05, 0) is 31.0 Å². The van der Waals surface area contributed by atoms with E-state index in [1.807, 2.05) is 6.07 Å². The third kappa shape index (κ3) is 3.11. The molecule has 108 valence electrons. The molecule has 1 aliphatic heterocycles. The van der Waals surface area contributed by atoms with Gasteiger partial charge in [0.25, 0.3) is 0 Å². The Balaban J connectivity index is 2.31. The molecule has 0 saturated carbocycles. The molecule has 0 amide bonds. The number of anilines is 1. The average molecular weight is 293 g/mol. The summed E-state index contributed by atoms with van der Waals surface area (Å²) >= 11 is 0. The first-order chi connectivity index (χ1) is 9.55. The molecule has 1 saturated heterocycles. The number of sulfonamides is 1. The van der Waals surface area contributed by atoms with Crippen molar-refractivity contribution in [1.82, 2.24) is 4.31 Å². The van der Waals surface area contributed by atoms with E-state index in [2.05, 4.69) is 0 Å². The summed E-state index contributed by atoms with van der Waals surface area (Å²) in [7, 11) is -3.56. The largest absolute Gasteiger partial charge is 0.398 e. The molecule has 5 nitrogen and oxygen atoms in total. The van der Waals surface area contributed by atoms with E-state index in [4.69, 9.17) is 11.0 Å². The van der Waals surface area contributed by atoms with Crippen molar-refractivity contribution in [2.24, 2.45) is 0 Å². The fourth-order valence-electron chi connectivity index (χ4n) is 2.45. The second-order valence-electron chi connectivity index (χ2n) is 5.04. The van der Waals surface area contributed by atoms with Crippen LogP contribution >= 0.6 is 0 Å². The fourth-order valence-corrected chi connectivity index (χ4v) is 4.06. The zero-order valence-corrected chi connectivity index (χ0v) is 12.2. The number of nitrogen functional groups attached to an aromatic ring is 1. The van der Waals surface area contributed by atoms with Gasteiger partial charge < -0.3 is 5.73 Å². The molecule has 0 unspecified atom stereocenters. The zero-order valence-electron chi connectivity index (χ0n) is 11.4. The molecular weight excluding hydrogens is 274 g/mol. The number of hydrogen-bond donors (Lipinski definition) is 1. The first-order valence-corrected chi connectivity index (χ1v) is 8.29. The van der Waals surface area contributed by atoms with E-state index in [0.717, 1.165) is 25.7 Å². The first-order valence-electron chi connectivity index (χ1n) is 6.85. The van der Waals surface area contributed by atoms with E-state index in [9.17, 15) is 8.42 Å². The summed E-state index contributed by atoms with van der Waals surface area (Å²) in [5.74, 6) is 0. The van der Waals surface area contributed by atoms with Crippen LogP contribution in [0.5, 0.6) is 0 Å². The number of rotatable bonds is 2. The standard InChI is InChI=1S/C14H19N3O2S/c15-11-12-6-7-14(13(16)10-12)20(18,19)17-8-4-2-1-3-5-9-17/h6-7,10H,1-5,8-9,16H2. The van der Waals surface area contributed by atoms with Crippen molar-refractivity contribution in [1.29, 1.82) is 5.26 Å². The lowest BCUT2D eigenvalue weighted by Gasteiger charge is -2.24. The van der Waals surface area contributed by atoms with Crippen LogP contribution in [-0.2, 0) is 10.0 Å². The van der Waals surface area contributed by atoms with Crippen LogP contribution in [0.3, 0.4) is 0 Å². The Kier molecular flexibility index (Phi) is 4.63. The molecule has 0 bridgehead atoms. The van der Waals surface area contributed by atoms with Crippen molar-refractivity contribution in [3.8, 4) is 6.07 Å². The molecule has 1 heterocycles. The smallest absolute Gasteiger partial charge is 0.245 e. The maximum atomic E-state index is 12.6. The molecule has 0 aliphatic carbocycles. The molecule has 1 aliphatic rings. The normalized spacial score (nSPS) is 17.9. The minimum Gasteiger partial charge on any atom is -0.398 e. The van der Waals surface area contributed by atoms with Gasteiger partial charge in [-0.15, -0.1) is 0 Å². The molecule has 1 aromatic rings. The lowest BCUT2D eigenvalue weighted by molar-refractivity contribution is 0.364. The number of nitrogens with zero attached hydrogens (tertiary/aromatic N) is 2. The Bertz CT molecular complexity index is 612. The van der Waals surface area contributed by atoms with E-state index >= 15 is 0 Å². The monoisotopic (exact) mass is 293 g/mol. The first kappa shape index (κ1) is 14.8. The average Bonchev–Trinajstić information content (AvgIpc) is 2.37. The molecule has 1 fully saturated rings. The second-order valence-corrected chi connectivity index (χ2v) is 6.94. The van der Waals surface area contributed by atoms with Gasteiger partial charge in [0.2, 0.25) is 10.0 Å². The van der Waals surface area contributed by atoms with Crippen LogP contribution in [0.25, 0.3) is 0 Å². The lowest BCUT2D eigenvalue weighted by Crippen LogP contribution is -2.34.